The average molecular weight is 662 g/mol. The Labute approximate surface area is 264 Å². The number of aryl methyl sites for hydroxylation is 1. The zero-order valence-corrected chi connectivity index (χ0v) is 27.2. The van der Waals surface area contributed by atoms with Crippen LogP contribution < -0.4 is 10.0 Å². The van der Waals surface area contributed by atoms with Crippen LogP contribution in [0.25, 0.3) is 5.69 Å². The monoisotopic (exact) mass is 660 g/mol. The normalized spacial score (nSPS) is 14.0. The molecule has 1 aliphatic rings. The summed E-state index contributed by atoms with van der Waals surface area (Å²) in [6.07, 6.45) is 4.44. The number of nitrogens with one attached hydrogen (secondary N) is 2. The largest absolute Gasteiger partial charge is 0.322 e. The van der Waals surface area contributed by atoms with Gasteiger partial charge in [0.05, 0.1) is 23.3 Å². The first-order valence-corrected chi connectivity index (χ1v) is 15.7. The van der Waals surface area contributed by atoms with Crippen molar-refractivity contribution in [2.24, 2.45) is 0 Å². The maximum Gasteiger partial charge on any atom is 0.322 e. The van der Waals surface area contributed by atoms with Gasteiger partial charge in [0, 0.05) is 55.2 Å². The van der Waals surface area contributed by atoms with Crippen LogP contribution in [0.5, 0.6) is 0 Å². The van der Waals surface area contributed by atoms with E-state index in [4.69, 9.17) is 5.10 Å². The van der Waals surface area contributed by atoms with Crippen molar-refractivity contribution < 1.29 is 22.0 Å². The third-order valence-electron chi connectivity index (χ3n) is 7.42. The van der Waals surface area contributed by atoms with Gasteiger partial charge in [-0.15, -0.1) is 24.8 Å². The van der Waals surface area contributed by atoms with E-state index in [9.17, 15) is 22.0 Å². The van der Waals surface area contributed by atoms with Gasteiger partial charge in [0.15, 0.2) is 0 Å². The smallest absolute Gasteiger partial charge is 0.321 e. The number of carbonyl (C=O) groups is 1. The van der Waals surface area contributed by atoms with Crippen molar-refractivity contribution in [1.29, 1.82) is 0 Å². The van der Waals surface area contributed by atoms with Gasteiger partial charge in [0.1, 0.15) is 11.6 Å². The number of likely N-dealkylation sites (tertiary alicyclic amines) is 1. The third-order valence-corrected chi connectivity index (χ3v) is 8.03. The second-order valence-corrected chi connectivity index (χ2v) is 12.3. The van der Waals surface area contributed by atoms with Crippen molar-refractivity contribution in [2.45, 2.75) is 59.0 Å². The highest BCUT2D eigenvalue weighted by Crippen LogP contribution is 2.25. The zero-order chi connectivity index (χ0) is 29.7. The Morgan fingerprint density at radius 3 is 2.30 bits per heavy atom. The molecule has 2 N–H and O–H groups in total. The Morgan fingerprint density at radius 2 is 1.72 bits per heavy atom. The number of anilines is 2. The van der Waals surface area contributed by atoms with E-state index in [2.05, 4.69) is 21.9 Å². The summed E-state index contributed by atoms with van der Waals surface area (Å²) in [4.78, 5) is 17.3. The van der Waals surface area contributed by atoms with E-state index in [-0.39, 0.29) is 42.6 Å². The predicted octanol–water partition coefficient (Wildman–Crippen LogP) is 6.28. The highest BCUT2D eigenvalue weighted by atomic mass is 35.5. The molecule has 1 saturated heterocycles. The van der Waals surface area contributed by atoms with Crippen LogP contribution in [0.4, 0.5) is 25.0 Å². The number of amides is 2. The molecular formula is C29H40Cl2F2N6O3S. The van der Waals surface area contributed by atoms with E-state index >= 15 is 0 Å². The number of rotatable bonds is 10. The standard InChI is InChI=1S/C29H38F2N6O3S.2ClH/c1-5-6-15-36(29(38)32-28-12-7-22(30)18-27(28)31)24-13-16-35(17-14-24)19-26-20(2)33-37(21(26)3)25-10-8-23(9-11-25)34-41(4,39)40;;/h7-12,18,24,34H,5-6,13-17,19H2,1-4H3,(H,32,38);2*1H. The number of hydrogen-bond donors (Lipinski definition) is 2. The zero-order valence-electron chi connectivity index (χ0n) is 24.8. The Bertz CT molecular complexity index is 1480. The van der Waals surface area contributed by atoms with Crippen LogP contribution in [0.1, 0.15) is 49.6 Å². The minimum Gasteiger partial charge on any atom is -0.321 e. The van der Waals surface area contributed by atoms with E-state index in [1.807, 2.05) is 30.7 Å². The molecule has 0 radical (unpaired) electrons. The SMILES string of the molecule is CCCCN(C(=O)Nc1ccc(F)cc1F)C1CCN(Cc2c(C)nn(-c3ccc(NS(C)(=O)=O)cc3)c2C)CC1.Cl.Cl. The quantitative estimate of drug-likeness (QED) is 0.267. The number of benzene rings is 2. The number of urea groups is 1. The van der Waals surface area contributed by atoms with Crippen molar-refractivity contribution in [1.82, 2.24) is 19.6 Å². The summed E-state index contributed by atoms with van der Waals surface area (Å²) in [6, 6.07) is 9.87. The molecule has 3 aromatic rings. The molecular weight excluding hydrogens is 621 g/mol. The summed E-state index contributed by atoms with van der Waals surface area (Å²) in [6.45, 7) is 8.94. The van der Waals surface area contributed by atoms with Gasteiger partial charge >= 0.3 is 6.03 Å². The van der Waals surface area contributed by atoms with Crippen molar-refractivity contribution >= 4 is 52.2 Å². The summed E-state index contributed by atoms with van der Waals surface area (Å²) in [5, 5.41) is 7.37. The number of aromatic nitrogens is 2. The Kier molecular flexibility index (Phi) is 13.2. The van der Waals surface area contributed by atoms with Crippen molar-refractivity contribution in [3.05, 3.63) is 71.1 Å². The number of unbranched alkanes of at least 4 members (excludes halogenated alkanes) is 1. The summed E-state index contributed by atoms with van der Waals surface area (Å²) >= 11 is 0. The molecule has 2 heterocycles. The van der Waals surface area contributed by atoms with E-state index < -0.39 is 21.7 Å². The van der Waals surface area contributed by atoms with Crippen LogP contribution in [0.15, 0.2) is 42.5 Å². The molecule has 1 aromatic heterocycles. The molecule has 1 aliphatic heterocycles. The lowest BCUT2D eigenvalue weighted by atomic mass is 10.0. The molecule has 0 spiro atoms. The molecule has 4 rings (SSSR count). The average Bonchev–Trinajstić information content (AvgIpc) is 3.19. The minimum absolute atomic E-state index is 0. The van der Waals surface area contributed by atoms with Crippen LogP contribution in [-0.4, -0.2) is 66.0 Å². The summed E-state index contributed by atoms with van der Waals surface area (Å²) in [5.41, 5.74) is 4.37. The van der Waals surface area contributed by atoms with Crippen LogP contribution in [0, 0.1) is 25.5 Å². The first-order valence-electron chi connectivity index (χ1n) is 13.8. The fourth-order valence-corrected chi connectivity index (χ4v) is 5.77. The molecule has 2 amide bonds. The van der Waals surface area contributed by atoms with Gasteiger partial charge in [-0.2, -0.15) is 5.10 Å². The minimum atomic E-state index is -3.35. The lowest BCUT2D eigenvalue weighted by molar-refractivity contribution is 0.122. The van der Waals surface area contributed by atoms with Gasteiger partial charge in [0.2, 0.25) is 10.0 Å². The second-order valence-electron chi connectivity index (χ2n) is 10.6. The number of nitrogens with zero attached hydrogens (tertiary/aromatic N) is 4. The van der Waals surface area contributed by atoms with Gasteiger partial charge in [-0.3, -0.25) is 9.62 Å². The van der Waals surface area contributed by atoms with Crippen molar-refractivity contribution in [3.8, 4) is 5.69 Å². The number of carbonyl (C=O) groups excluding carboxylic acids is 1. The fraction of sp³-hybridized carbons (Fsp3) is 0.448. The van der Waals surface area contributed by atoms with Gasteiger partial charge in [0.25, 0.3) is 0 Å². The second kappa shape index (κ2) is 15.7. The third kappa shape index (κ3) is 9.53. The molecule has 238 valence electrons. The van der Waals surface area contributed by atoms with Crippen molar-refractivity contribution in [3.63, 3.8) is 0 Å². The number of piperidine rings is 1. The van der Waals surface area contributed by atoms with E-state index in [0.29, 0.717) is 12.2 Å². The van der Waals surface area contributed by atoms with Gasteiger partial charge in [-0.05, 0) is 69.5 Å². The molecule has 0 aliphatic carbocycles. The van der Waals surface area contributed by atoms with E-state index in [0.717, 1.165) is 86.3 Å². The van der Waals surface area contributed by atoms with Gasteiger partial charge in [-0.25, -0.2) is 26.7 Å². The maximum absolute atomic E-state index is 14.2. The molecule has 0 bridgehead atoms. The molecule has 0 atom stereocenters. The molecule has 14 heteroatoms. The van der Waals surface area contributed by atoms with Crippen LogP contribution in [0.2, 0.25) is 0 Å². The van der Waals surface area contributed by atoms with Gasteiger partial charge < -0.3 is 10.2 Å². The van der Waals surface area contributed by atoms with E-state index in [1.54, 1.807) is 17.0 Å². The highest BCUT2D eigenvalue weighted by Gasteiger charge is 2.29. The molecule has 0 saturated carbocycles. The summed E-state index contributed by atoms with van der Waals surface area (Å²) < 4.78 is 54.8. The number of halogens is 4. The number of sulfonamides is 1. The Morgan fingerprint density at radius 1 is 1.07 bits per heavy atom. The predicted molar refractivity (Wildman–Crippen MR) is 171 cm³/mol. The first-order chi connectivity index (χ1) is 19.4. The summed E-state index contributed by atoms with van der Waals surface area (Å²) in [5.74, 6) is -1.48. The molecule has 43 heavy (non-hydrogen) atoms. The first kappa shape index (κ1) is 36.3. The van der Waals surface area contributed by atoms with Crippen LogP contribution in [-0.2, 0) is 16.6 Å². The molecule has 2 aromatic carbocycles. The topological polar surface area (TPSA) is 99.6 Å². The van der Waals surface area contributed by atoms with Crippen molar-refractivity contribution in [2.75, 3.05) is 35.9 Å². The number of hydrogen-bond acceptors (Lipinski definition) is 5. The van der Waals surface area contributed by atoms with E-state index in [1.165, 1.54) is 6.07 Å². The van der Waals surface area contributed by atoms with Crippen LogP contribution in [0.3, 0.4) is 0 Å². The molecule has 0 unspecified atom stereocenters. The van der Waals surface area contributed by atoms with Gasteiger partial charge in [-0.1, -0.05) is 13.3 Å². The lowest BCUT2D eigenvalue weighted by Crippen LogP contribution is -2.49. The summed E-state index contributed by atoms with van der Waals surface area (Å²) in [7, 11) is -3.35. The Hall–Kier alpha value is -2.93. The fourth-order valence-electron chi connectivity index (χ4n) is 5.21. The molecule has 1 fully saturated rings. The highest BCUT2D eigenvalue weighted by molar-refractivity contribution is 7.92. The Balaban J connectivity index is 0.00000323. The molecule has 9 nitrogen and oxygen atoms in total. The van der Waals surface area contributed by atoms with Crippen LogP contribution >= 0.6 is 24.8 Å². The maximum atomic E-state index is 14.2. The lowest BCUT2D eigenvalue weighted by Gasteiger charge is -2.38.